The first-order valence-corrected chi connectivity index (χ1v) is 9.74. The summed E-state index contributed by atoms with van der Waals surface area (Å²) in [7, 11) is 0. The second kappa shape index (κ2) is 10.9. The van der Waals surface area contributed by atoms with Gasteiger partial charge >= 0.3 is 23.9 Å². The molecule has 0 unspecified atom stereocenters. The lowest BCUT2D eigenvalue weighted by molar-refractivity contribution is -0.326. The summed E-state index contributed by atoms with van der Waals surface area (Å²) in [6.45, 7) is 3.03. The number of esters is 4. The summed E-state index contributed by atoms with van der Waals surface area (Å²) < 4.78 is 32.8. The lowest BCUT2D eigenvalue weighted by Gasteiger charge is -2.50. The van der Waals surface area contributed by atoms with E-state index in [1.54, 1.807) is 30.3 Å². The fourth-order valence-corrected chi connectivity index (χ4v) is 3.33. The lowest BCUT2D eigenvalue weighted by atomic mass is 9.84. The minimum Gasteiger partial charge on any atom is -0.463 e. The number of hydrogen-bond donors (Lipinski definition) is 1. The van der Waals surface area contributed by atoms with Crippen LogP contribution in [-0.2, 0) is 42.9 Å². The van der Waals surface area contributed by atoms with Gasteiger partial charge in [0.2, 0.25) is 18.0 Å². The molecule has 1 N–H and O–H groups in total. The molecule has 0 saturated carbocycles. The summed E-state index contributed by atoms with van der Waals surface area (Å²) in [6.07, 6.45) is -5.72. The Kier molecular flexibility index (Phi) is 8.56. The van der Waals surface area contributed by atoms with Crippen molar-refractivity contribution in [1.82, 2.24) is 0 Å². The minimum atomic E-state index is -2.07. The van der Waals surface area contributed by atoms with Crippen molar-refractivity contribution in [3.63, 3.8) is 0 Å². The highest BCUT2D eigenvalue weighted by Crippen LogP contribution is 2.38. The molecule has 2 rings (SSSR count). The van der Waals surface area contributed by atoms with Crippen molar-refractivity contribution in [3.05, 3.63) is 30.3 Å². The van der Waals surface area contributed by atoms with Gasteiger partial charge in [0.25, 0.3) is 0 Å². The van der Waals surface area contributed by atoms with Crippen LogP contribution in [0, 0.1) is 0 Å². The largest absolute Gasteiger partial charge is 0.463 e. The SMILES string of the molecule is CC(=O)OC[C@H]1O[C@H](Oc2ccccc2)[C@H](OC(C)=O)[C@@H](OC(C)=O)[C@@]1(CO)OC(C)=O. The molecule has 0 radical (unpaired) electrons. The Bertz CT molecular complexity index is 824. The standard InChI is InChI=1S/C21H26O11/c1-12(23)27-10-17-21(11-22,32-15(4)26)19(29-14(3)25)18(28-13(2)24)20(31-17)30-16-8-6-5-7-9-16/h5-9,17-20,22H,10-11H2,1-4H3/t17-,18-,19-,20+,21+/m1/s1. The van der Waals surface area contributed by atoms with Crippen molar-refractivity contribution in [1.29, 1.82) is 0 Å². The number of carbonyl (C=O) groups is 4. The lowest BCUT2D eigenvalue weighted by Crippen LogP contribution is -2.72. The summed E-state index contributed by atoms with van der Waals surface area (Å²) in [4.78, 5) is 47.1. The summed E-state index contributed by atoms with van der Waals surface area (Å²) in [5.41, 5.74) is -2.07. The summed E-state index contributed by atoms with van der Waals surface area (Å²) >= 11 is 0. The third-order valence-corrected chi connectivity index (χ3v) is 4.50. The summed E-state index contributed by atoms with van der Waals surface area (Å²) in [5, 5.41) is 10.3. The zero-order valence-electron chi connectivity index (χ0n) is 18.1. The molecule has 11 heteroatoms. The predicted octanol–water partition coefficient (Wildman–Crippen LogP) is 0.511. The van der Waals surface area contributed by atoms with Crippen LogP contribution in [0.25, 0.3) is 0 Å². The van der Waals surface area contributed by atoms with Gasteiger partial charge in [0.05, 0.1) is 6.61 Å². The van der Waals surface area contributed by atoms with Gasteiger partial charge in [-0.15, -0.1) is 0 Å². The van der Waals surface area contributed by atoms with Gasteiger partial charge in [-0.3, -0.25) is 19.2 Å². The van der Waals surface area contributed by atoms with Crippen LogP contribution in [0.15, 0.2) is 30.3 Å². The number of ether oxygens (including phenoxy) is 6. The van der Waals surface area contributed by atoms with E-state index in [4.69, 9.17) is 28.4 Å². The number of carbonyl (C=O) groups excluding carboxylic acids is 4. The van der Waals surface area contributed by atoms with Gasteiger partial charge in [-0.2, -0.15) is 0 Å². The van der Waals surface area contributed by atoms with E-state index < -0.39 is 67.3 Å². The molecule has 0 spiro atoms. The number of aliphatic hydroxyl groups excluding tert-OH is 1. The first-order chi connectivity index (χ1) is 15.1. The van der Waals surface area contributed by atoms with Crippen molar-refractivity contribution in [3.8, 4) is 5.75 Å². The fourth-order valence-electron chi connectivity index (χ4n) is 3.33. The molecule has 1 saturated heterocycles. The monoisotopic (exact) mass is 454 g/mol. The number of hydrogen-bond acceptors (Lipinski definition) is 11. The van der Waals surface area contributed by atoms with E-state index in [1.165, 1.54) is 0 Å². The molecule has 11 nitrogen and oxygen atoms in total. The molecule has 1 aliphatic heterocycles. The van der Waals surface area contributed by atoms with Crippen molar-refractivity contribution in [2.75, 3.05) is 13.2 Å². The third-order valence-electron chi connectivity index (χ3n) is 4.50. The average molecular weight is 454 g/mol. The van der Waals surface area contributed by atoms with Crippen molar-refractivity contribution in [2.24, 2.45) is 0 Å². The van der Waals surface area contributed by atoms with E-state index in [0.29, 0.717) is 5.75 Å². The molecule has 1 aliphatic rings. The highest BCUT2D eigenvalue weighted by Gasteiger charge is 2.63. The Morgan fingerprint density at radius 2 is 1.56 bits per heavy atom. The Balaban J connectivity index is 2.58. The molecule has 1 aromatic rings. The van der Waals surface area contributed by atoms with Crippen LogP contribution in [0.3, 0.4) is 0 Å². The Morgan fingerprint density at radius 1 is 0.938 bits per heavy atom. The highest BCUT2D eigenvalue weighted by molar-refractivity contribution is 5.69. The number of rotatable bonds is 8. The summed E-state index contributed by atoms with van der Waals surface area (Å²) in [6, 6.07) is 8.35. The van der Waals surface area contributed by atoms with Gasteiger partial charge in [0, 0.05) is 27.7 Å². The smallest absolute Gasteiger partial charge is 0.303 e. The topological polar surface area (TPSA) is 144 Å². The maximum absolute atomic E-state index is 11.9. The maximum Gasteiger partial charge on any atom is 0.303 e. The highest BCUT2D eigenvalue weighted by atomic mass is 16.7. The van der Waals surface area contributed by atoms with Gasteiger partial charge in [0.15, 0.2) is 6.10 Å². The van der Waals surface area contributed by atoms with Crippen LogP contribution in [0.5, 0.6) is 5.75 Å². The van der Waals surface area contributed by atoms with Gasteiger partial charge in [-0.05, 0) is 12.1 Å². The number of aliphatic hydroxyl groups is 1. The Labute approximate surface area is 184 Å². The van der Waals surface area contributed by atoms with Crippen LogP contribution in [0.4, 0.5) is 0 Å². The molecule has 1 heterocycles. The van der Waals surface area contributed by atoms with Gasteiger partial charge in [-0.1, -0.05) is 18.2 Å². The fraction of sp³-hybridized carbons (Fsp3) is 0.524. The van der Waals surface area contributed by atoms with Crippen LogP contribution in [0.2, 0.25) is 0 Å². The van der Waals surface area contributed by atoms with E-state index in [1.807, 2.05) is 0 Å². The molecule has 176 valence electrons. The first-order valence-electron chi connectivity index (χ1n) is 9.74. The molecular weight excluding hydrogens is 428 g/mol. The zero-order chi connectivity index (χ0) is 23.9. The number of benzene rings is 1. The second-order valence-electron chi connectivity index (χ2n) is 7.04. The van der Waals surface area contributed by atoms with Gasteiger partial charge in [-0.25, -0.2) is 0 Å². The van der Waals surface area contributed by atoms with Crippen molar-refractivity contribution >= 4 is 23.9 Å². The van der Waals surface area contributed by atoms with Crippen LogP contribution < -0.4 is 4.74 Å². The molecule has 1 aromatic carbocycles. The molecule has 0 aliphatic carbocycles. The average Bonchev–Trinajstić information content (AvgIpc) is 2.70. The Hall–Kier alpha value is -3.18. The zero-order valence-corrected chi connectivity index (χ0v) is 18.1. The van der Waals surface area contributed by atoms with E-state index in [-0.39, 0.29) is 0 Å². The van der Waals surface area contributed by atoms with Crippen molar-refractivity contribution in [2.45, 2.75) is 57.9 Å². The summed E-state index contributed by atoms with van der Waals surface area (Å²) in [5.74, 6) is -2.78. The van der Waals surface area contributed by atoms with Crippen LogP contribution in [0.1, 0.15) is 27.7 Å². The quantitative estimate of drug-likeness (QED) is 0.433. The van der Waals surface area contributed by atoms with E-state index >= 15 is 0 Å². The molecule has 0 bridgehead atoms. The predicted molar refractivity (Wildman–Crippen MR) is 105 cm³/mol. The molecule has 5 atom stereocenters. The van der Waals surface area contributed by atoms with E-state index in [0.717, 1.165) is 27.7 Å². The first kappa shape index (κ1) is 25.1. The molecule has 0 amide bonds. The minimum absolute atomic E-state index is 0.325. The number of para-hydroxylation sites is 1. The third kappa shape index (κ3) is 6.17. The normalized spacial score (nSPS) is 27.0. The molecule has 1 fully saturated rings. The van der Waals surface area contributed by atoms with Crippen LogP contribution in [-0.4, -0.2) is 72.4 Å². The molecule has 0 aromatic heterocycles. The van der Waals surface area contributed by atoms with Crippen LogP contribution >= 0.6 is 0 Å². The Morgan fingerprint density at radius 3 is 2.06 bits per heavy atom. The van der Waals surface area contributed by atoms with Crippen molar-refractivity contribution < 1.29 is 52.7 Å². The van der Waals surface area contributed by atoms with Gasteiger partial charge in [0.1, 0.15) is 18.5 Å². The van der Waals surface area contributed by atoms with E-state index in [2.05, 4.69) is 0 Å². The molecule has 32 heavy (non-hydrogen) atoms. The second-order valence-corrected chi connectivity index (χ2v) is 7.04. The van der Waals surface area contributed by atoms with Gasteiger partial charge < -0.3 is 33.5 Å². The maximum atomic E-state index is 11.9. The molecular formula is C21H26O11. The van der Waals surface area contributed by atoms with E-state index in [9.17, 15) is 24.3 Å².